The Bertz CT molecular complexity index is 555. The summed E-state index contributed by atoms with van der Waals surface area (Å²) in [6, 6.07) is 4.15. The second-order valence-corrected chi connectivity index (χ2v) is 5.43. The third-order valence-corrected chi connectivity index (χ3v) is 2.97. The van der Waals surface area contributed by atoms with Crippen molar-refractivity contribution in [1.82, 2.24) is 4.90 Å². The van der Waals surface area contributed by atoms with Crippen LogP contribution in [0, 0.1) is 9.39 Å². The molecule has 0 fully saturated rings. The number of ether oxygens (including phenoxy) is 1. The van der Waals surface area contributed by atoms with Gasteiger partial charge in [0.15, 0.2) is 0 Å². The number of benzene rings is 1. The highest BCUT2D eigenvalue weighted by Gasteiger charge is 2.24. The molecule has 1 aromatic rings. The van der Waals surface area contributed by atoms with Gasteiger partial charge in [-0.25, -0.2) is 9.18 Å². The van der Waals surface area contributed by atoms with Crippen LogP contribution in [-0.4, -0.2) is 37.4 Å². The number of esters is 1. The second kappa shape index (κ2) is 7.37. The van der Waals surface area contributed by atoms with Crippen LogP contribution in [0.4, 0.5) is 4.39 Å². The molecule has 0 saturated carbocycles. The van der Waals surface area contributed by atoms with Gasteiger partial charge in [-0.15, -0.1) is 0 Å². The molecule has 0 saturated heterocycles. The third kappa shape index (κ3) is 4.29. The van der Waals surface area contributed by atoms with Crippen LogP contribution >= 0.6 is 22.6 Å². The van der Waals surface area contributed by atoms with Gasteiger partial charge >= 0.3 is 5.97 Å². The molecule has 0 atom stereocenters. The maximum Gasteiger partial charge on any atom is 0.343 e. The molecule has 0 N–H and O–H groups in total. The van der Waals surface area contributed by atoms with E-state index in [-0.39, 0.29) is 17.7 Å². The summed E-state index contributed by atoms with van der Waals surface area (Å²) in [4.78, 5) is 25.7. The summed E-state index contributed by atoms with van der Waals surface area (Å²) >= 11 is 1.97. The second-order valence-electron chi connectivity index (χ2n) is 4.18. The number of hydrogen-bond acceptors (Lipinski definition) is 4. The lowest BCUT2D eigenvalue weighted by molar-refractivity contribution is -0.138. The Labute approximate surface area is 130 Å². The molecule has 1 rings (SSSR count). The maximum absolute atomic E-state index is 13.7. The molecular weight excluding hydrogens is 376 g/mol. The molecule has 0 amide bonds. The molecule has 4 nitrogen and oxygen atoms in total. The predicted octanol–water partition coefficient (Wildman–Crippen LogP) is 2.62. The molecular formula is C14H15FINO3. The van der Waals surface area contributed by atoms with E-state index in [9.17, 15) is 14.0 Å². The molecule has 108 valence electrons. The fourth-order valence-electron chi connectivity index (χ4n) is 1.49. The van der Waals surface area contributed by atoms with Crippen LogP contribution in [0.5, 0.6) is 0 Å². The lowest BCUT2D eigenvalue weighted by atomic mass is 10.0. The molecule has 1 aromatic carbocycles. The smallest absolute Gasteiger partial charge is 0.343 e. The van der Waals surface area contributed by atoms with Gasteiger partial charge in [0, 0.05) is 23.9 Å². The van der Waals surface area contributed by atoms with E-state index < -0.39 is 17.6 Å². The van der Waals surface area contributed by atoms with Gasteiger partial charge in [-0.1, -0.05) is 0 Å². The number of ketones is 1. The van der Waals surface area contributed by atoms with Crippen molar-refractivity contribution in [2.45, 2.75) is 6.92 Å². The van der Waals surface area contributed by atoms with Crippen molar-refractivity contribution in [3.63, 3.8) is 0 Å². The summed E-state index contributed by atoms with van der Waals surface area (Å²) < 4.78 is 19.3. The van der Waals surface area contributed by atoms with Crippen LogP contribution in [-0.2, 0) is 9.53 Å². The average molecular weight is 391 g/mol. The van der Waals surface area contributed by atoms with E-state index in [0.717, 1.165) is 0 Å². The molecule has 0 unspecified atom stereocenters. The topological polar surface area (TPSA) is 46.6 Å². The minimum absolute atomic E-state index is 0.141. The SMILES string of the molecule is CCOC(=O)/C(=C/N(C)C)C(=O)c1cc(I)ccc1F. The van der Waals surface area contributed by atoms with E-state index in [1.165, 1.54) is 23.2 Å². The number of nitrogens with zero attached hydrogens (tertiary/aromatic N) is 1. The highest BCUT2D eigenvalue weighted by atomic mass is 127. The number of halogens is 2. The Balaban J connectivity index is 3.24. The van der Waals surface area contributed by atoms with E-state index in [1.807, 2.05) is 22.6 Å². The molecule has 0 aliphatic carbocycles. The van der Waals surface area contributed by atoms with Crippen LogP contribution in [0.2, 0.25) is 0 Å². The quantitative estimate of drug-likeness (QED) is 0.193. The monoisotopic (exact) mass is 391 g/mol. The normalized spacial score (nSPS) is 11.2. The van der Waals surface area contributed by atoms with Crippen molar-refractivity contribution in [2.75, 3.05) is 20.7 Å². The molecule has 0 aromatic heterocycles. The first-order valence-corrected chi connectivity index (χ1v) is 6.99. The van der Waals surface area contributed by atoms with Crippen molar-refractivity contribution in [2.24, 2.45) is 0 Å². The Hall–Kier alpha value is -1.44. The van der Waals surface area contributed by atoms with Crippen molar-refractivity contribution < 1.29 is 18.7 Å². The van der Waals surface area contributed by atoms with Gasteiger partial charge in [-0.05, 0) is 47.7 Å². The number of Topliss-reactive ketones (excluding diaryl/α,β-unsaturated/α-hetero) is 1. The predicted molar refractivity (Wildman–Crippen MR) is 81.9 cm³/mol. The zero-order valence-electron chi connectivity index (χ0n) is 11.4. The molecule has 0 bridgehead atoms. The molecule has 20 heavy (non-hydrogen) atoms. The zero-order valence-corrected chi connectivity index (χ0v) is 13.6. The van der Waals surface area contributed by atoms with E-state index in [0.29, 0.717) is 3.57 Å². The fourth-order valence-corrected chi connectivity index (χ4v) is 1.98. The maximum atomic E-state index is 13.7. The molecule has 0 aliphatic heterocycles. The Morgan fingerprint density at radius 3 is 2.60 bits per heavy atom. The van der Waals surface area contributed by atoms with Gasteiger partial charge in [0.2, 0.25) is 5.78 Å². The first-order valence-electron chi connectivity index (χ1n) is 5.92. The molecule has 0 heterocycles. The standard InChI is InChI=1S/C14H15FINO3/c1-4-20-14(19)11(8-17(2)3)13(18)10-7-9(16)5-6-12(10)15/h5-8H,4H2,1-3H3/b11-8+. The summed E-state index contributed by atoms with van der Waals surface area (Å²) in [5.41, 5.74) is -0.337. The largest absolute Gasteiger partial charge is 0.462 e. The molecule has 0 spiro atoms. The Kier molecular flexibility index (Phi) is 6.12. The first kappa shape index (κ1) is 16.6. The summed E-state index contributed by atoms with van der Waals surface area (Å²) in [7, 11) is 3.33. The van der Waals surface area contributed by atoms with Crippen LogP contribution in [0.25, 0.3) is 0 Å². The van der Waals surface area contributed by atoms with Crippen molar-refractivity contribution in [3.8, 4) is 0 Å². The van der Waals surface area contributed by atoms with E-state index in [2.05, 4.69) is 0 Å². The van der Waals surface area contributed by atoms with Gasteiger partial charge in [0.1, 0.15) is 11.4 Å². The lowest BCUT2D eigenvalue weighted by Crippen LogP contribution is -2.20. The van der Waals surface area contributed by atoms with E-state index in [1.54, 1.807) is 27.1 Å². The van der Waals surface area contributed by atoms with Gasteiger partial charge in [0.05, 0.1) is 12.2 Å². The molecule has 0 radical (unpaired) electrons. The van der Waals surface area contributed by atoms with Gasteiger partial charge in [0.25, 0.3) is 0 Å². The number of carbonyl (C=O) groups excluding carboxylic acids is 2. The lowest BCUT2D eigenvalue weighted by Gasteiger charge is -2.11. The number of carbonyl (C=O) groups is 2. The highest BCUT2D eigenvalue weighted by Crippen LogP contribution is 2.17. The average Bonchev–Trinajstić information content (AvgIpc) is 2.38. The molecule has 6 heteroatoms. The van der Waals surface area contributed by atoms with Gasteiger partial charge in [-0.2, -0.15) is 0 Å². The van der Waals surface area contributed by atoms with Crippen LogP contribution in [0.3, 0.4) is 0 Å². The Morgan fingerprint density at radius 2 is 2.05 bits per heavy atom. The van der Waals surface area contributed by atoms with Crippen molar-refractivity contribution >= 4 is 34.3 Å². The number of hydrogen-bond donors (Lipinski definition) is 0. The van der Waals surface area contributed by atoms with Gasteiger partial charge in [-0.3, -0.25) is 4.79 Å². The van der Waals surface area contributed by atoms with Crippen LogP contribution in [0.1, 0.15) is 17.3 Å². The Morgan fingerprint density at radius 1 is 1.40 bits per heavy atom. The highest BCUT2D eigenvalue weighted by molar-refractivity contribution is 14.1. The van der Waals surface area contributed by atoms with Crippen LogP contribution < -0.4 is 0 Å². The summed E-state index contributed by atoms with van der Waals surface area (Å²) in [5.74, 6) is -2.11. The van der Waals surface area contributed by atoms with E-state index >= 15 is 0 Å². The van der Waals surface area contributed by atoms with Crippen molar-refractivity contribution in [3.05, 3.63) is 44.9 Å². The third-order valence-electron chi connectivity index (χ3n) is 2.30. The minimum atomic E-state index is -0.760. The summed E-state index contributed by atoms with van der Waals surface area (Å²) in [6.45, 7) is 1.79. The van der Waals surface area contributed by atoms with Gasteiger partial charge < -0.3 is 9.64 Å². The van der Waals surface area contributed by atoms with Crippen molar-refractivity contribution in [1.29, 1.82) is 0 Å². The summed E-state index contributed by atoms with van der Waals surface area (Å²) in [6.07, 6.45) is 1.33. The number of rotatable bonds is 5. The first-order chi connectivity index (χ1) is 9.36. The van der Waals surface area contributed by atoms with E-state index in [4.69, 9.17) is 4.74 Å². The minimum Gasteiger partial charge on any atom is -0.462 e. The summed E-state index contributed by atoms with van der Waals surface area (Å²) in [5, 5.41) is 0. The fraction of sp³-hybridized carbons (Fsp3) is 0.286. The molecule has 0 aliphatic rings. The van der Waals surface area contributed by atoms with Crippen LogP contribution in [0.15, 0.2) is 30.0 Å². The zero-order chi connectivity index (χ0) is 15.3.